The van der Waals surface area contributed by atoms with Crippen molar-refractivity contribution in [1.29, 1.82) is 0 Å². The van der Waals surface area contributed by atoms with Crippen molar-refractivity contribution in [3.8, 4) is 5.88 Å². The second kappa shape index (κ2) is 5.41. The molecule has 2 fully saturated rings. The van der Waals surface area contributed by atoms with Crippen molar-refractivity contribution in [3.63, 3.8) is 0 Å². The van der Waals surface area contributed by atoms with E-state index in [1.54, 1.807) is 6.07 Å². The van der Waals surface area contributed by atoms with Crippen LogP contribution in [0.4, 0.5) is 0 Å². The van der Waals surface area contributed by atoms with Crippen LogP contribution in [-0.2, 0) is 0 Å². The Labute approximate surface area is 112 Å². The molecule has 0 atom stereocenters. The first-order valence-electron chi connectivity index (χ1n) is 6.71. The second-order valence-corrected chi connectivity index (χ2v) is 5.45. The molecule has 5 heteroatoms. The first-order valence-corrected chi connectivity index (χ1v) is 7.09. The summed E-state index contributed by atoms with van der Waals surface area (Å²) in [5.74, 6) is 1.97. The number of ether oxygens (including phenoxy) is 1. The maximum absolute atomic E-state index is 5.99. The summed E-state index contributed by atoms with van der Waals surface area (Å²) in [4.78, 5) is 11.1. The Kier molecular flexibility index (Phi) is 3.66. The minimum absolute atomic E-state index is 0.489. The third-order valence-electron chi connectivity index (χ3n) is 3.49. The first-order chi connectivity index (χ1) is 8.81. The number of aromatic nitrogens is 2. The van der Waals surface area contributed by atoms with E-state index in [0.29, 0.717) is 23.6 Å². The monoisotopic (exact) mass is 267 g/mol. The number of hydrogen-bond donors (Lipinski definition) is 0. The van der Waals surface area contributed by atoms with Crippen LogP contribution in [0.5, 0.6) is 5.88 Å². The van der Waals surface area contributed by atoms with Crippen LogP contribution in [0, 0.1) is 0 Å². The van der Waals surface area contributed by atoms with Gasteiger partial charge < -0.3 is 4.74 Å². The lowest BCUT2D eigenvalue weighted by Gasteiger charge is -2.14. The molecule has 0 radical (unpaired) electrons. The van der Waals surface area contributed by atoms with E-state index in [2.05, 4.69) is 14.9 Å². The summed E-state index contributed by atoms with van der Waals surface area (Å²) in [7, 11) is 0. The van der Waals surface area contributed by atoms with Crippen LogP contribution in [0.1, 0.15) is 37.4 Å². The molecule has 1 aromatic rings. The smallest absolute Gasteiger partial charge is 0.218 e. The molecule has 98 valence electrons. The van der Waals surface area contributed by atoms with Crippen molar-refractivity contribution in [2.24, 2.45) is 0 Å². The van der Waals surface area contributed by atoms with Gasteiger partial charge >= 0.3 is 0 Å². The predicted molar refractivity (Wildman–Crippen MR) is 70.2 cm³/mol. The van der Waals surface area contributed by atoms with E-state index in [0.717, 1.165) is 12.4 Å². The predicted octanol–water partition coefficient (Wildman–Crippen LogP) is 2.48. The Morgan fingerprint density at radius 1 is 1.28 bits per heavy atom. The van der Waals surface area contributed by atoms with Gasteiger partial charge in [0.2, 0.25) is 5.88 Å². The number of likely N-dealkylation sites (tertiary alicyclic amines) is 1. The van der Waals surface area contributed by atoms with Crippen LogP contribution in [0.15, 0.2) is 6.07 Å². The second-order valence-electron chi connectivity index (χ2n) is 5.06. The largest absolute Gasteiger partial charge is 0.476 e. The summed E-state index contributed by atoms with van der Waals surface area (Å²) in [5.41, 5.74) is 0. The maximum atomic E-state index is 5.99. The molecule has 2 heterocycles. The van der Waals surface area contributed by atoms with Gasteiger partial charge in [-0.25, -0.2) is 4.98 Å². The summed E-state index contributed by atoms with van der Waals surface area (Å²) < 4.78 is 5.69. The fourth-order valence-electron chi connectivity index (χ4n) is 2.30. The molecule has 0 bridgehead atoms. The van der Waals surface area contributed by atoms with E-state index in [9.17, 15) is 0 Å². The third kappa shape index (κ3) is 3.12. The molecule has 4 nitrogen and oxygen atoms in total. The molecule has 0 spiro atoms. The number of halogens is 1. The standard InChI is InChI=1S/C13H18ClN3O/c14-11-9-12(16-13(15-11)10-3-4-10)18-8-7-17-5-1-2-6-17/h9-10H,1-8H2. The van der Waals surface area contributed by atoms with Crippen molar-refractivity contribution < 1.29 is 4.74 Å². The highest BCUT2D eigenvalue weighted by Gasteiger charge is 2.27. The zero-order chi connectivity index (χ0) is 12.4. The quantitative estimate of drug-likeness (QED) is 0.769. The van der Waals surface area contributed by atoms with Gasteiger partial charge in [-0.1, -0.05) is 11.6 Å². The van der Waals surface area contributed by atoms with E-state index in [-0.39, 0.29) is 0 Å². The molecule has 1 aliphatic heterocycles. The van der Waals surface area contributed by atoms with Crippen LogP contribution in [-0.4, -0.2) is 41.1 Å². The zero-order valence-electron chi connectivity index (χ0n) is 10.4. The summed E-state index contributed by atoms with van der Waals surface area (Å²) >= 11 is 5.99. The number of nitrogens with zero attached hydrogens (tertiary/aromatic N) is 3. The molecule has 1 aromatic heterocycles. The molecular formula is C13H18ClN3O. The molecule has 0 unspecified atom stereocenters. The van der Waals surface area contributed by atoms with Gasteiger partial charge in [0.15, 0.2) is 0 Å². The van der Waals surface area contributed by atoms with E-state index in [1.165, 1.54) is 38.8 Å². The number of hydrogen-bond acceptors (Lipinski definition) is 4. The van der Waals surface area contributed by atoms with Crippen LogP contribution in [0.3, 0.4) is 0 Å². The van der Waals surface area contributed by atoms with Crippen LogP contribution in [0.25, 0.3) is 0 Å². The fourth-order valence-corrected chi connectivity index (χ4v) is 2.48. The molecule has 1 aliphatic carbocycles. The molecule has 0 aromatic carbocycles. The highest BCUT2D eigenvalue weighted by molar-refractivity contribution is 6.29. The third-order valence-corrected chi connectivity index (χ3v) is 3.68. The van der Waals surface area contributed by atoms with Crippen LogP contribution < -0.4 is 4.74 Å². The maximum Gasteiger partial charge on any atom is 0.218 e. The van der Waals surface area contributed by atoms with Crippen molar-refractivity contribution in [2.75, 3.05) is 26.2 Å². The molecule has 1 saturated heterocycles. The lowest BCUT2D eigenvalue weighted by molar-refractivity contribution is 0.231. The van der Waals surface area contributed by atoms with Gasteiger partial charge in [0, 0.05) is 18.5 Å². The topological polar surface area (TPSA) is 38.2 Å². The highest BCUT2D eigenvalue weighted by atomic mass is 35.5. The summed E-state index contributed by atoms with van der Waals surface area (Å²) in [5, 5.41) is 0.489. The van der Waals surface area contributed by atoms with Crippen molar-refractivity contribution in [2.45, 2.75) is 31.6 Å². The van der Waals surface area contributed by atoms with E-state index in [1.807, 2.05) is 0 Å². The van der Waals surface area contributed by atoms with E-state index >= 15 is 0 Å². The van der Waals surface area contributed by atoms with Gasteiger partial charge in [-0.2, -0.15) is 4.98 Å². The minimum Gasteiger partial charge on any atom is -0.476 e. The average molecular weight is 268 g/mol. The number of rotatable bonds is 5. The molecule has 3 rings (SSSR count). The Morgan fingerprint density at radius 3 is 2.78 bits per heavy atom. The first kappa shape index (κ1) is 12.2. The van der Waals surface area contributed by atoms with Crippen LogP contribution >= 0.6 is 11.6 Å². The summed E-state index contributed by atoms with van der Waals surface area (Å²) in [6.45, 7) is 4.04. The molecule has 0 N–H and O–H groups in total. The fraction of sp³-hybridized carbons (Fsp3) is 0.692. The average Bonchev–Trinajstić information content (AvgIpc) is 3.08. The van der Waals surface area contributed by atoms with Gasteiger partial charge in [-0.05, 0) is 38.8 Å². The Bertz CT molecular complexity index is 417. The molecule has 2 aliphatic rings. The van der Waals surface area contributed by atoms with Gasteiger partial charge in [-0.3, -0.25) is 4.90 Å². The Balaban J connectivity index is 1.54. The summed E-state index contributed by atoms with van der Waals surface area (Å²) in [6, 6.07) is 1.71. The molecule has 1 saturated carbocycles. The minimum atomic E-state index is 0.489. The zero-order valence-corrected chi connectivity index (χ0v) is 11.2. The van der Waals surface area contributed by atoms with Gasteiger partial charge in [0.05, 0.1) is 0 Å². The SMILES string of the molecule is Clc1cc(OCCN2CCCC2)nc(C2CC2)n1. The van der Waals surface area contributed by atoms with Crippen LogP contribution in [0.2, 0.25) is 5.15 Å². The Morgan fingerprint density at radius 2 is 2.06 bits per heavy atom. The molecular weight excluding hydrogens is 250 g/mol. The van der Waals surface area contributed by atoms with E-state index in [4.69, 9.17) is 16.3 Å². The molecule has 18 heavy (non-hydrogen) atoms. The van der Waals surface area contributed by atoms with Gasteiger partial charge in [0.1, 0.15) is 17.6 Å². The molecule has 0 amide bonds. The van der Waals surface area contributed by atoms with Gasteiger partial charge in [-0.15, -0.1) is 0 Å². The van der Waals surface area contributed by atoms with Gasteiger partial charge in [0.25, 0.3) is 0 Å². The van der Waals surface area contributed by atoms with Crippen molar-refractivity contribution in [3.05, 3.63) is 17.0 Å². The van der Waals surface area contributed by atoms with Crippen molar-refractivity contribution >= 4 is 11.6 Å². The highest BCUT2D eigenvalue weighted by Crippen LogP contribution is 2.38. The normalized spacial score (nSPS) is 20.3. The lowest BCUT2D eigenvalue weighted by atomic mass is 10.4. The lowest BCUT2D eigenvalue weighted by Crippen LogP contribution is -2.25. The summed E-state index contributed by atoms with van der Waals surface area (Å²) in [6.07, 6.45) is 4.97. The van der Waals surface area contributed by atoms with E-state index < -0.39 is 0 Å². The Hall–Kier alpha value is -0.870. The van der Waals surface area contributed by atoms with Crippen molar-refractivity contribution in [1.82, 2.24) is 14.9 Å².